The van der Waals surface area contributed by atoms with Crippen LogP contribution in [0.4, 0.5) is 5.69 Å². The van der Waals surface area contributed by atoms with Crippen molar-refractivity contribution in [1.82, 2.24) is 10.2 Å². The van der Waals surface area contributed by atoms with Crippen molar-refractivity contribution in [3.05, 3.63) is 54.6 Å². The van der Waals surface area contributed by atoms with Gasteiger partial charge in [0, 0.05) is 18.8 Å². The molecule has 3 amide bonds. The fourth-order valence-corrected chi connectivity index (χ4v) is 3.06. The number of amides is 3. The molecule has 0 bridgehead atoms. The summed E-state index contributed by atoms with van der Waals surface area (Å²) in [5.74, 6) is 0.0320. The summed E-state index contributed by atoms with van der Waals surface area (Å²) in [6, 6.07) is 15.4. The van der Waals surface area contributed by atoms with Crippen LogP contribution in [0.25, 0.3) is 0 Å². The molecule has 3 rings (SSSR count). The highest BCUT2D eigenvalue weighted by atomic mass is 35.5. The molecule has 28 heavy (non-hydrogen) atoms. The van der Waals surface area contributed by atoms with Crippen molar-refractivity contribution in [2.45, 2.75) is 12.5 Å². The van der Waals surface area contributed by atoms with Gasteiger partial charge in [-0.2, -0.15) is 0 Å². The number of hydrogen-bond donors (Lipinski definition) is 2. The second-order valence-electron chi connectivity index (χ2n) is 6.22. The molecule has 2 aromatic carbocycles. The normalized spacial score (nSPS) is 16.2. The van der Waals surface area contributed by atoms with Crippen molar-refractivity contribution < 1.29 is 19.1 Å². The van der Waals surface area contributed by atoms with Crippen LogP contribution in [0, 0.1) is 0 Å². The highest BCUT2D eigenvalue weighted by Gasteiger charge is 2.34. The van der Waals surface area contributed by atoms with Crippen molar-refractivity contribution in [2.75, 3.05) is 24.3 Å². The van der Waals surface area contributed by atoms with Crippen molar-refractivity contribution in [1.29, 1.82) is 0 Å². The van der Waals surface area contributed by atoms with Crippen LogP contribution >= 0.6 is 11.6 Å². The van der Waals surface area contributed by atoms with E-state index in [-0.39, 0.29) is 30.0 Å². The maximum absolute atomic E-state index is 12.4. The molecule has 0 aromatic heterocycles. The van der Waals surface area contributed by atoms with Crippen LogP contribution in [0.2, 0.25) is 0 Å². The molecule has 146 valence electrons. The molecule has 8 heteroatoms. The molecule has 1 saturated heterocycles. The molecule has 1 fully saturated rings. The molecule has 0 aliphatic carbocycles. The number of nitrogens with one attached hydrogen (secondary N) is 2. The predicted molar refractivity (Wildman–Crippen MR) is 105 cm³/mol. The number of benzene rings is 2. The number of halogens is 1. The molecular formula is C20H20ClN3O4. The zero-order valence-electron chi connectivity index (χ0n) is 15.1. The molecule has 7 nitrogen and oxygen atoms in total. The molecule has 1 heterocycles. The van der Waals surface area contributed by atoms with Gasteiger partial charge in [-0.15, -0.1) is 11.6 Å². The van der Waals surface area contributed by atoms with Gasteiger partial charge in [0.2, 0.25) is 17.7 Å². The maximum atomic E-state index is 12.4. The molecule has 1 unspecified atom stereocenters. The summed E-state index contributed by atoms with van der Waals surface area (Å²) in [6.45, 7) is 0.684. The zero-order chi connectivity index (χ0) is 19.9. The zero-order valence-corrected chi connectivity index (χ0v) is 15.8. The molecule has 1 aliphatic rings. The number of alkyl halides is 1. The molecule has 2 aromatic rings. The first-order chi connectivity index (χ1) is 13.6. The Labute approximate surface area is 167 Å². The number of anilines is 1. The van der Waals surface area contributed by atoms with E-state index in [0.29, 0.717) is 30.3 Å². The lowest BCUT2D eigenvalue weighted by molar-refractivity contribution is -0.143. The highest BCUT2D eigenvalue weighted by molar-refractivity contribution is 6.27. The van der Waals surface area contributed by atoms with E-state index in [1.807, 2.05) is 30.3 Å². The van der Waals surface area contributed by atoms with Crippen LogP contribution in [-0.4, -0.2) is 47.6 Å². The summed E-state index contributed by atoms with van der Waals surface area (Å²) in [5, 5.41) is 5.40. The van der Waals surface area contributed by atoms with E-state index >= 15 is 0 Å². The molecule has 1 atom stereocenters. The van der Waals surface area contributed by atoms with Gasteiger partial charge in [-0.25, -0.2) is 0 Å². The van der Waals surface area contributed by atoms with E-state index in [9.17, 15) is 14.4 Å². The standard InChI is InChI=1S/C20H20ClN3O4/c21-13-19(26)24-11-10-22-20(27)17(24)12-18(25)23-14-6-8-16(9-7-14)28-15-4-2-1-3-5-15/h1-9,17H,10-13H2,(H,22,27)(H,23,25). The van der Waals surface area contributed by atoms with Crippen LogP contribution in [0.3, 0.4) is 0 Å². The van der Waals surface area contributed by atoms with Gasteiger partial charge in [-0.05, 0) is 36.4 Å². The summed E-state index contributed by atoms with van der Waals surface area (Å²) in [4.78, 5) is 37.7. The third kappa shape index (κ3) is 5.01. The van der Waals surface area contributed by atoms with Crippen LogP contribution in [0.1, 0.15) is 6.42 Å². The van der Waals surface area contributed by atoms with E-state index in [2.05, 4.69) is 10.6 Å². The Hall–Kier alpha value is -3.06. The van der Waals surface area contributed by atoms with E-state index in [4.69, 9.17) is 16.3 Å². The van der Waals surface area contributed by atoms with E-state index < -0.39 is 6.04 Å². The van der Waals surface area contributed by atoms with Crippen LogP contribution in [-0.2, 0) is 14.4 Å². The Balaban J connectivity index is 1.59. The number of nitrogens with zero attached hydrogens (tertiary/aromatic N) is 1. The lowest BCUT2D eigenvalue weighted by atomic mass is 10.1. The van der Waals surface area contributed by atoms with E-state index in [1.54, 1.807) is 24.3 Å². The maximum Gasteiger partial charge on any atom is 0.243 e. The van der Waals surface area contributed by atoms with Crippen LogP contribution in [0.5, 0.6) is 11.5 Å². The molecule has 2 N–H and O–H groups in total. The minimum Gasteiger partial charge on any atom is -0.457 e. The van der Waals surface area contributed by atoms with Gasteiger partial charge in [-0.3, -0.25) is 14.4 Å². The number of carbonyl (C=O) groups excluding carboxylic acids is 3. The van der Waals surface area contributed by atoms with Crippen LogP contribution in [0.15, 0.2) is 54.6 Å². The summed E-state index contributed by atoms with van der Waals surface area (Å²) < 4.78 is 5.70. The van der Waals surface area contributed by atoms with Crippen molar-refractivity contribution in [3.8, 4) is 11.5 Å². The number of rotatable bonds is 6. The van der Waals surface area contributed by atoms with Crippen molar-refractivity contribution in [2.24, 2.45) is 0 Å². The highest BCUT2D eigenvalue weighted by Crippen LogP contribution is 2.23. The first-order valence-electron chi connectivity index (χ1n) is 8.83. The fraction of sp³-hybridized carbons (Fsp3) is 0.250. The SMILES string of the molecule is O=C(CC1C(=O)NCCN1C(=O)CCl)Nc1ccc(Oc2ccccc2)cc1. The Morgan fingerprint density at radius 1 is 1.11 bits per heavy atom. The number of para-hydroxylation sites is 1. The first kappa shape index (κ1) is 19.7. The summed E-state index contributed by atoms with van der Waals surface area (Å²) in [7, 11) is 0. The number of piperazine rings is 1. The molecule has 0 spiro atoms. The van der Waals surface area contributed by atoms with E-state index in [0.717, 1.165) is 0 Å². The third-order valence-corrected chi connectivity index (χ3v) is 4.49. The average molecular weight is 402 g/mol. The lowest BCUT2D eigenvalue weighted by Crippen LogP contribution is -2.58. The number of ether oxygens (including phenoxy) is 1. The van der Waals surface area contributed by atoms with Crippen molar-refractivity contribution >= 4 is 35.0 Å². The molecule has 0 saturated carbocycles. The van der Waals surface area contributed by atoms with Crippen molar-refractivity contribution in [3.63, 3.8) is 0 Å². The third-order valence-electron chi connectivity index (χ3n) is 4.26. The Morgan fingerprint density at radius 3 is 2.46 bits per heavy atom. The Kier molecular flexibility index (Phi) is 6.49. The second kappa shape index (κ2) is 9.23. The average Bonchev–Trinajstić information content (AvgIpc) is 2.71. The summed E-state index contributed by atoms with van der Waals surface area (Å²) >= 11 is 5.60. The monoisotopic (exact) mass is 401 g/mol. The van der Waals surface area contributed by atoms with Gasteiger partial charge in [0.25, 0.3) is 0 Å². The predicted octanol–water partition coefficient (Wildman–Crippen LogP) is 2.37. The van der Waals surface area contributed by atoms with Crippen LogP contribution < -0.4 is 15.4 Å². The minimum atomic E-state index is -0.860. The fourth-order valence-electron chi connectivity index (χ4n) is 2.91. The number of carbonyl (C=O) groups is 3. The smallest absolute Gasteiger partial charge is 0.243 e. The van der Waals surface area contributed by atoms with Gasteiger partial charge >= 0.3 is 0 Å². The topological polar surface area (TPSA) is 87.7 Å². The Bertz CT molecular complexity index is 842. The van der Waals surface area contributed by atoms with E-state index in [1.165, 1.54) is 4.90 Å². The molecular weight excluding hydrogens is 382 g/mol. The van der Waals surface area contributed by atoms with Gasteiger partial charge < -0.3 is 20.3 Å². The number of hydrogen-bond acceptors (Lipinski definition) is 4. The molecule has 0 radical (unpaired) electrons. The summed E-state index contributed by atoms with van der Waals surface area (Å²) in [5.41, 5.74) is 0.567. The van der Waals surface area contributed by atoms with Gasteiger partial charge in [0.15, 0.2) is 0 Å². The lowest BCUT2D eigenvalue weighted by Gasteiger charge is -2.34. The quantitative estimate of drug-likeness (QED) is 0.727. The first-order valence-corrected chi connectivity index (χ1v) is 9.36. The summed E-state index contributed by atoms with van der Waals surface area (Å²) in [6.07, 6.45) is -0.142. The Morgan fingerprint density at radius 2 is 1.79 bits per heavy atom. The van der Waals surface area contributed by atoms with Gasteiger partial charge in [0.05, 0.1) is 6.42 Å². The minimum absolute atomic E-state index is 0.142. The van der Waals surface area contributed by atoms with Gasteiger partial charge in [0.1, 0.15) is 23.4 Å². The second-order valence-corrected chi connectivity index (χ2v) is 6.49. The van der Waals surface area contributed by atoms with Gasteiger partial charge in [-0.1, -0.05) is 18.2 Å². The molecule has 1 aliphatic heterocycles. The largest absolute Gasteiger partial charge is 0.457 e.